The predicted molar refractivity (Wildman–Crippen MR) is 115 cm³/mol. The molecular formula is C23H24N2O9. The van der Waals surface area contributed by atoms with Crippen LogP contribution in [0.2, 0.25) is 0 Å². The minimum Gasteiger partial charge on any atom is -0.510 e. The first kappa shape index (κ1) is 23.6. The number of ketones is 2. The summed E-state index contributed by atoms with van der Waals surface area (Å²) in [5.41, 5.74) is 0.740. The van der Waals surface area contributed by atoms with E-state index in [2.05, 4.69) is 0 Å². The number of phenolic OH excluding ortho intramolecular Hbond substituents is 1. The lowest BCUT2D eigenvalue weighted by atomic mass is 9.55. The normalized spacial score (nSPS) is 32.9. The van der Waals surface area contributed by atoms with Gasteiger partial charge in [-0.2, -0.15) is 0 Å². The molecule has 0 fully saturated rings. The standard InChI is InChI=1S/C23H24N2O9/c1-7-10-8(6-26)4-5-9(27)12(10)17(28)13-11(7)18(29)15-16(25(2)3)19(30)14(22(24)33)21(32)23(15,34)20(13)31/h4-7,11,15-16,18,27,29-31,34H,1-3H3,(H2,24,33). The van der Waals surface area contributed by atoms with Crippen molar-refractivity contribution in [3.63, 3.8) is 0 Å². The molecule has 0 aromatic heterocycles. The van der Waals surface area contributed by atoms with Crippen molar-refractivity contribution in [3.8, 4) is 5.75 Å². The van der Waals surface area contributed by atoms with E-state index in [0.717, 1.165) is 6.07 Å². The van der Waals surface area contributed by atoms with Crippen LogP contribution in [0.15, 0.2) is 34.8 Å². The number of benzene rings is 1. The topological polar surface area (TPSA) is 199 Å². The average Bonchev–Trinajstić information content (AvgIpc) is 2.75. The summed E-state index contributed by atoms with van der Waals surface area (Å²) in [7, 11) is 2.90. The number of aromatic hydroxyl groups is 1. The third-order valence-electron chi connectivity index (χ3n) is 7.27. The van der Waals surface area contributed by atoms with Gasteiger partial charge in [0.1, 0.15) is 29.1 Å². The molecule has 4 rings (SSSR count). The van der Waals surface area contributed by atoms with Gasteiger partial charge in [0, 0.05) is 17.1 Å². The summed E-state index contributed by atoms with van der Waals surface area (Å²) in [6.07, 6.45) is -1.22. The molecule has 0 spiro atoms. The number of Topliss-reactive ketones (excluding diaryl/α,β-unsaturated/α-hetero) is 2. The number of aldehydes is 1. The van der Waals surface area contributed by atoms with Gasteiger partial charge in [-0.05, 0) is 37.7 Å². The number of fused-ring (bicyclic) bond motifs is 3. The van der Waals surface area contributed by atoms with Gasteiger partial charge in [-0.25, -0.2) is 0 Å². The number of primary amides is 1. The van der Waals surface area contributed by atoms with Crippen molar-refractivity contribution in [1.82, 2.24) is 4.90 Å². The Balaban J connectivity index is 2.08. The van der Waals surface area contributed by atoms with Crippen LogP contribution in [0.25, 0.3) is 0 Å². The van der Waals surface area contributed by atoms with Crippen LogP contribution in [-0.4, -0.2) is 86.0 Å². The molecule has 0 saturated heterocycles. The number of rotatable bonds is 3. The molecule has 1 aromatic carbocycles. The van der Waals surface area contributed by atoms with E-state index in [1.54, 1.807) is 6.92 Å². The maximum Gasteiger partial charge on any atom is 0.255 e. The molecule has 0 heterocycles. The molecular weight excluding hydrogens is 448 g/mol. The summed E-state index contributed by atoms with van der Waals surface area (Å²) < 4.78 is 0. The zero-order chi connectivity index (χ0) is 25.4. The number of hydrogen-bond acceptors (Lipinski definition) is 10. The smallest absolute Gasteiger partial charge is 0.255 e. The number of nitrogens with zero attached hydrogens (tertiary/aromatic N) is 1. The van der Waals surface area contributed by atoms with Gasteiger partial charge in [0.05, 0.1) is 23.6 Å². The first-order chi connectivity index (χ1) is 15.8. The van der Waals surface area contributed by atoms with E-state index in [0.29, 0.717) is 6.29 Å². The third-order valence-corrected chi connectivity index (χ3v) is 7.27. The molecule has 34 heavy (non-hydrogen) atoms. The SMILES string of the molecule is CC1c2c(C=O)ccc(O)c2C(=O)C2=C(O)C3(O)C(=O)C(C(N)=O)=C(O)C(N(C)C)C3C(O)C21. The molecule has 11 nitrogen and oxygen atoms in total. The highest BCUT2D eigenvalue weighted by atomic mass is 16.4. The van der Waals surface area contributed by atoms with E-state index < -0.39 is 81.4 Å². The second-order valence-electron chi connectivity index (χ2n) is 9.13. The highest BCUT2D eigenvalue weighted by molar-refractivity contribution is 6.25. The fraction of sp³-hybridized carbons (Fsp3) is 0.391. The quantitative estimate of drug-likeness (QED) is 0.245. The van der Waals surface area contributed by atoms with Crippen LogP contribution in [-0.2, 0) is 9.59 Å². The number of amides is 1. The number of phenols is 1. The Morgan fingerprint density at radius 1 is 1.18 bits per heavy atom. The van der Waals surface area contributed by atoms with Gasteiger partial charge in [0.2, 0.25) is 5.78 Å². The van der Waals surface area contributed by atoms with Crippen molar-refractivity contribution in [2.45, 2.75) is 30.6 Å². The Morgan fingerprint density at radius 2 is 1.79 bits per heavy atom. The van der Waals surface area contributed by atoms with E-state index in [1.165, 1.54) is 25.1 Å². The first-order valence-electron chi connectivity index (χ1n) is 10.5. The monoisotopic (exact) mass is 472 g/mol. The van der Waals surface area contributed by atoms with E-state index in [1.807, 2.05) is 0 Å². The zero-order valence-electron chi connectivity index (χ0n) is 18.5. The predicted octanol–water partition coefficient (Wildman–Crippen LogP) is -0.535. The second-order valence-corrected chi connectivity index (χ2v) is 9.13. The van der Waals surface area contributed by atoms with E-state index >= 15 is 0 Å². The fourth-order valence-corrected chi connectivity index (χ4v) is 5.84. The van der Waals surface area contributed by atoms with Gasteiger partial charge in [-0.3, -0.25) is 24.1 Å². The highest BCUT2D eigenvalue weighted by Crippen LogP contribution is 2.55. The number of aliphatic hydroxyl groups excluding tert-OH is 3. The minimum absolute atomic E-state index is 0.0860. The Kier molecular flexibility index (Phi) is 5.20. The number of aliphatic hydroxyl groups is 4. The minimum atomic E-state index is -2.97. The summed E-state index contributed by atoms with van der Waals surface area (Å²) in [6, 6.07) is 1.09. The molecule has 6 unspecified atom stereocenters. The van der Waals surface area contributed by atoms with Crippen LogP contribution in [0.1, 0.15) is 39.1 Å². The molecule has 3 aliphatic rings. The Hall–Kier alpha value is -3.54. The highest BCUT2D eigenvalue weighted by Gasteiger charge is 2.67. The van der Waals surface area contributed by atoms with E-state index in [-0.39, 0.29) is 16.7 Å². The maximum atomic E-state index is 13.5. The average molecular weight is 472 g/mol. The molecule has 180 valence electrons. The van der Waals surface area contributed by atoms with Gasteiger partial charge in [0.25, 0.3) is 5.91 Å². The Labute approximate surface area is 193 Å². The van der Waals surface area contributed by atoms with Crippen molar-refractivity contribution in [3.05, 3.63) is 51.5 Å². The van der Waals surface area contributed by atoms with Crippen molar-refractivity contribution in [2.24, 2.45) is 17.6 Å². The van der Waals surface area contributed by atoms with Gasteiger partial charge < -0.3 is 31.3 Å². The van der Waals surface area contributed by atoms with Crippen LogP contribution in [0.3, 0.4) is 0 Å². The number of carbonyl (C=O) groups excluding carboxylic acids is 4. The number of hydrogen-bond donors (Lipinski definition) is 6. The van der Waals surface area contributed by atoms with Gasteiger partial charge in [-0.15, -0.1) is 0 Å². The van der Waals surface area contributed by atoms with Crippen molar-refractivity contribution >= 4 is 23.8 Å². The molecule has 0 radical (unpaired) electrons. The lowest BCUT2D eigenvalue weighted by Gasteiger charge is -2.53. The second kappa shape index (κ2) is 7.49. The molecule has 1 aromatic rings. The van der Waals surface area contributed by atoms with Crippen LogP contribution >= 0.6 is 0 Å². The van der Waals surface area contributed by atoms with Crippen LogP contribution < -0.4 is 5.73 Å². The van der Waals surface area contributed by atoms with Crippen molar-refractivity contribution in [2.75, 3.05) is 14.1 Å². The van der Waals surface area contributed by atoms with Crippen molar-refractivity contribution in [1.29, 1.82) is 0 Å². The summed E-state index contributed by atoms with van der Waals surface area (Å²) in [6.45, 7) is 1.56. The molecule has 7 N–H and O–H groups in total. The van der Waals surface area contributed by atoms with E-state index in [9.17, 15) is 44.7 Å². The van der Waals surface area contributed by atoms with Gasteiger partial charge >= 0.3 is 0 Å². The summed E-state index contributed by atoms with van der Waals surface area (Å²) in [4.78, 5) is 51.7. The lowest BCUT2D eigenvalue weighted by molar-refractivity contribution is -0.162. The molecule has 0 saturated carbocycles. The van der Waals surface area contributed by atoms with Gasteiger partial charge in [0.15, 0.2) is 11.4 Å². The largest absolute Gasteiger partial charge is 0.510 e. The Bertz CT molecular complexity index is 1230. The summed E-state index contributed by atoms with van der Waals surface area (Å²) >= 11 is 0. The molecule has 3 aliphatic carbocycles. The van der Waals surface area contributed by atoms with Gasteiger partial charge in [-0.1, -0.05) is 6.92 Å². The Morgan fingerprint density at radius 3 is 2.32 bits per heavy atom. The van der Waals surface area contributed by atoms with Crippen LogP contribution in [0.5, 0.6) is 5.75 Å². The molecule has 1 amide bonds. The first-order valence-corrected chi connectivity index (χ1v) is 10.5. The van der Waals surface area contributed by atoms with Crippen LogP contribution in [0, 0.1) is 11.8 Å². The third kappa shape index (κ3) is 2.68. The molecule has 0 bridgehead atoms. The number of carbonyl (C=O) groups is 4. The van der Waals surface area contributed by atoms with E-state index in [4.69, 9.17) is 5.73 Å². The zero-order valence-corrected chi connectivity index (χ0v) is 18.5. The summed E-state index contributed by atoms with van der Waals surface area (Å²) in [5, 5.41) is 55.4. The maximum absolute atomic E-state index is 13.5. The molecule has 6 atom stereocenters. The number of likely N-dealkylation sites (N-methyl/N-ethyl adjacent to an activating group) is 1. The number of nitrogens with two attached hydrogens (primary N) is 1. The molecule has 11 heteroatoms. The summed E-state index contributed by atoms with van der Waals surface area (Å²) in [5.74, 6) is -9.85. The van der Waals surface area contributed by atoms with Crippen LogP contribution in [0.4, 0.5) is 0 Å². The molecule has 0 aliphatic heterocycles. The van der Waals surface area contributed by atoms with Crippen molar-refractivity contribution < 1.29 is 44.7 Å². The lowest BCUT2D eigenvalue weighted by Crippen LogP contribution is -2.68. The fourth-order valence-electron chi connectivity index (χ4n) is 5.84.